The van der Waals surface area contributed by atoms with Gasteiger partial charge in [0.15, 0.2) is 5.78 Å². The number of carbonyl (C=O) groups is 1. The van der Waals surface area contributed by atoms with E-state index in [9.17, 15) is 4.79 Å². The van der Waals surface area contributed by atoms with Gasteiger partial charge in [-0.3, -0.25) is 4.79 Å². The first-order chi connectivity index (χ1) is 9.11. The second kappa shape index (κ2) is 6.20. The van der Waals surface area contributed by atoms with Crippen molar-refractivity contribution in [2.75, 3.05) is 13.7 Å². The SMILES string of the molecule is COc1ccc(C(C)C)cc1C(=O)CC1CCCN1. The molecule has 0 saturated carbocycles. The van der Waals surface area contributed by atoms with Crippen LogP contribution >= 0.6 is 0 Å². The first-order valence-electron chi connectivity index (χ1n) is 7.06. The third kappa shape index (κ3) is 3.35. The molecule has 1 aliphatic rings. The Labute approximate surface area is 115 Å². The second-order valence-electron chi connectivity index (χ2n) is 5.53. The van der Waals surface area contributed by atoms with Gasteiger partial charge in [0.05, 0.1) is 12.7 Å². The highest BCUT2D eigenvalue weighted by molar-refractivity contribution is 5.99. The molecule has 1 unspecified atom stereocenters. The van der Waals surface area contributed by atoms with E-state index in [2.05, 4.69) is 19.2 Å². The molecule has 1 heterocycles. The predicted molar refractivity (Wildman–Crippen MR) is 77.1 cm³/mol. The maximum atomic E-state index is 12.4. The molecule has 0 spiro atoms. The third-order valence-electron chi connectivity index (χ3n) is 3.78. The minimum atomic E-state index is 0.179. The summed E-state index contributed by atoms with van der Waals surface area (Å²) in [7, 11) is 1.62. The fraction of sp³-hybridized carbons (Fsp3) is 0.562. The lowest BCUT2D eigenvalue weighted by Gasteiger charge is -2.14. The van der Waals surface area contributed by atoms with Crippen molar-refractivity contribution < 1.29 is 9.53 Å². The van der Waals surface area contributed by atoms with E-state index in [1.54, 1.807) is 7.11 Å². The van der Waals surface area contributed by atoms with E-state index in [0.29, 0.717) is 24.1 Å². The quantitative estimate of drug-likeness (QED) is 0.827. The topological polar surface area (TPSA) is 38.3 Å². The Morgan fingerprint density at radius 1 is 1.47 bits per heavy atom. The van der Waals surface area contributed by atoms with Crippen molar-refractivity contribution in [1.82, 2.24) is 5.32 Å². The Hall–Kier alpha value is -1.35. The van der Waals surface area contributed by atoms with Crippen LogP contribution in [0.2, 0.25) is 0 Å². The molecule has 1 aromatic carbocycles. The fourth-order valence-electron chi connectivity index (χ4n) is 2.57. The van der Waals surface area contributed by atoms with Crippen LogP contribution < -0.4 is 10.1 Å². The Kier molecular flexibility index (Phi) is 4.59. The molecule has 1 aliphatic heterocycles. The highest BCUT2D eigenvalue weighted by atomic mass is 16.5. The number of benzene rings is 1. The van der Waals surface area contributed by atoms with Gasteiger partial charge in [0.1, 0.15) is 5.75 Å². The standard InChI is InChI=1S/C16H23NO2/c1-11(2)12-6-7-16(19-3)14(9-12)15(18)10-13-5-4-8-17-13/h6-7,9,11,13,17H,4-5,8,10H2,1-3H3. The van der Waals surface area contributed by atoms with E-state index in [1.807, 2.05) is 18.2 Å². The molecule has 0 radical (unpaired) electrons. The zero-order chi connectivity index (χ0) is 13.8. The summed E-state index contributed by atoms with van der Waals surface area (Å²) >= 11 is 0. The van der Waals surface area contributed by atoms with Gasteiger partial charge in [-0.25, -0.2) is 0 Å². The predicted octanol–water partition coefficient (Wildman–Crippen LogP) is 3.14. The number of ketones is 1. The second-order valence-corrected chi connectivity index (χ2v) is 5.53. The highest BCUT2D eigenvalue weighted by Crippen LogP contribution is 2.26. The van der Waals surface area contributed by atoms with Crippen molar-refractivity contribution in [2.24, 2.45) is 0 Å². The number of nitrogens with one attached hydrogen (secondary N) is 1. The summed E-state index contributed by atoms with van der Waals surface area (Å²) < 4.78 is 5.32. The third-order valence-corrected chi connectivity index (χ3v) is 3.78. The van der Waals surface area contributed by atoms with Crippen LogP contribution in [0.25, 0.3) is 0 Å². The number of hydrogen-bond donors (Lipinski definition) is 1. The van der Waals surface area contributed by atoms with E-state index in [-0.39, 0.29) is 5.78 Å². The molecule has 1 fully saturated rings. The van der Waals surface area contributed by atoms with Gasteiger partial charge >= 0.3 is 0 Å². The van der Waals surface area contributed by atoms with E-state index in [0.717, 1.165) is 18.5 Å². The summed E-state index contributed by atoms with van der Waals surface area (Å²) in [6, 6.07) is 6.26. The molecular formula is C16H23NO2. The van der Waals surface area contributed by atoms with Gasteiger partial charge < -0.3 is 10.1 Å². The molecule has 0 aromatic heterocycles. The number of rotatable bonds is 5. The zero-order valence-corrected chi connectivity index (χ0v) is 12.0. The lowest BCUT2D eigenvalue weighted by Crippen LogP contribution is -2.24. The van der Waals surface area contributed by atoms with Crippen molar-refractivity contribution in [2.45, 2.75) is 45.1 Å². The van der Waals surface area contributed by atoms with Crippen molar-refractivity contribution in [1.29, 1.82) is 0 Å². The van der Waals surface area contributed by atoms with E-state index < -0.39 is 0 Å². The van der Waals surface area contributed by atoms with Gasteiger partial charge in [0.2, 0.25) is 0 Å². The molecule has 0 bridgehead atoms. The molecule has 1 atom stereocenters. The molecule has 2 rings (SSSR count). The Bertz CT molecular complexity index is 448. The highest BCUT2D eigenvalue weighted by Gasteiger charge is 2.21. The van der Waals surface area contributed by atoms with Crippen molar-refractivity contribution >= 4 is 5.78 Å². The molecular weight excluding hydrogens is 238 g/mol. The number of methoxy groups -OCH3 is 1. The Balaban J connectivity index is 2.20. The minimum absolute atomic E-state index is 0.179. The zero-order valence-electron chi connectivity index (χ0n) is 12.0. The van der Waals surface area contributed by atoms with Crippen LogP contribution in [0.5, 0.6) is 5.75 Å². The fourth-order valence-corrected chi connectivity index (χ4v) is 2.57. The van der Waals surface area contributed by atoms with Crippen molar-refractivity contribution in [3.63, 3.8) is 0 Å². The van der Waals surface area contributed by atoms with E-state index in [4.69, 9.17) is 4.74 Å². The van der Waals surface area contributed by atoms with Gasteiger partial charge in [-0.1, -0.05) is 19.9 Å². The van der Waals surface area contributed by atoms with Gasteiger partial charge in [0.25, 0.3) is 0 Å². The smallest absolute Gasteiger partial charge is 0.168 e. The summed E-state index contributed by atoms with van der Waals surface area (Å²) in [5.41, 5.74) is 1.91. The van der Waals surface area contributed by atoms with Crippen LogP contribution in [0.3, 0.4) is 0 Å². The summed E-state index contributed by atoms with van der Waals surface area (Å²) in [6.07, 6.45) is 2.83. The van der Waals surface area contributed by atoms with Crippen LogP contribution in [0.15, 0.2) is 18.2 Å². The Morgan fingerprint density at radius 2 is 2.26 bits per heavy atom. The van der Waals surface area contributed by atoms with Gasteiger partial charge in [-0.05, 0) is 43.0 Å². The van der Waals surface area contributed by atoms with Crippen molar-refractivity contribution in [3.8, 4) is 5.75 Å². The lowest BCUT2D eigenvalue weighted by atomic mass is 9.96. The Morgan fingerprint density at radius 3 is 2.84 bits per heavy atom. The average molecular weight is 261 g/mol. The summed E-state index contributed by atoms with van der Waals surface area (Å²) in [6.45, 7) is 5.30. The largest absolute Gasteiger partial charge is 0.496 e. The summed E-state index contributed by atoms with van der Waals surface area (Å²) in [4.78, 5) is 12.4. The van der Waals surface area contributed by atoms with E-state index in [1.165, 1.54) is 12.0 Å². The molecule has 19 heavy (non-hydrogen) atoms. The molecule has 0 amide bonds. The molecule has 104 valence electrons. The van der Waals surface area contributed by atoms with Gasteiger partial charge in [-0.15, -0.1) is 0 Å². The van der Waals surface area contributed by atoms with Crippen molar-refractivity contribution in [3.05, 3.63) is 29.3 Å². The van der Waals surface area contributed by atoms with Crippen LogP contribution in [0.1, 0.15) is 54.9 Å². The van der Waals surface area contributed by atoms with Gasteiger partial charge in [0, 0.05) is 12.5 Å². The van der Waals surface area contributed by atoms with Crippen LogP contribution in [0, 0.1) is 0 Å². The average Bonchev–Trinajstić information content (AvgIpc) is 2.90. The van der Waals surface area contributed by atoms with Crippen LogP contribution in [-0.4, -0.2) is 25.5 Å². The molecule has 3 heteroatoms. The summed E-state index contributed by atoms with van der Waals surface area (Å²) in [5.74, 6) is 1.29. The number of ether oxygens (including phenoxy) is 1. The first-order valence-corrected chi connectivity index (χ1v) is 7.06. The maximum absolute atomic E-state index is 12.4. The maximum Gasteiger partial charge on any atom is 0.168 e. The molecule has 1 N–H and O–H groups in total. The molecule has 1 saturated heterocycles. The number of hydrogen-bond acceptors (Lipinski definition) is 3. The number of carbonyl (C=O) groups excluding carboxylic acids is 1. The minimum Gasteiger partial charge on any atom is -0.496 e. The lowest BCUT2D eigenvalue weighted by molar-refractivity contribution is 0.0968. The number of Topliss-reactive ketones (excluding diaryl/α,β-unsaturated/α-hetero) is 1. The summed E-state index contributed by atoms with van der Waals surface area (Å²) in [5, 5.41) is 3.37. The molecule has 0 aliphatic carbocycles. The van der Waals surface area contributed by atoms with Gasteiger partial charge in [-0.2, -0.15) is 0 Å². The van der Waals surface area contributed by atoms with Crippen LogP contribution in [0.4, 0.5) is 0 Å². The first kappa shape index (κ1) is 14.1. The monoisotopic (exact) mass is 261 g/mol. The van der Waals surface area contributed by atoms with Crippen LogP contribution in [-0.2, 0) is 0 Å². The molecule has 1 aromatic rings. The van der Waals surface area contributed by atoms with E-state index >= 15 is 0 Å². The molecule has 3 nitrogen and oxygen atoms in total. The normalized spacial score (nSPS) is 18.8.